The topological polar surface area (TPSA) is 85.8 Å². The van der Waals surface area contributed by atoms with Gasteiger partial charge in [0.25, 0.3) is 11.8 Å². The van der Waals surface area contributed by atoms with Crippen LogP contribution in [-0.2, 0) is 0 Å². The highest BCUT2D eigenvalue weighted by Gasteiger charge is 2.27. The van der Waals surface area contributed by atoms with E-state index in [4.69, 9.17) is 5.73 Å². The monoisotopic (exact) mass is 281 g/mol. The minimum Gasteiger partial charge on any atom is -0.344 e. The van der Waals surface area contributed by atoms with Gasteiger partial charge in [-0.2, -0.15) is 9.90 Å². The van der Waals surface area contributed by atoms with E-state index in [0.29, 0.717) is 5.69 Å². The van der Waals surface area contributed by atoms with Crippen LogP contribution >= 0.6 is 0 Å². The molecular formula is C12H13F2N5O. The van der Waals surface area contributed by atoms with E-state index in [-0.39, 0.29) is 5.69 Å². The molecule has 0 aliphatic rings. The van der Waals surface area contributed by atoms with Crippen LogP contribution in [0.1, 0.15) is 10.5 Å². The maximum Gasteiger partial charge on any atom is 0.277 e. The van der Waals surface area contributed by atoms with Gasteiger partial charge in [-0.15, -0.1) is 5.10 Å². The Morgan fingerprint density at radius 3 is 2.70 bits per heavy atom. The summed E-state index contributed by atoms with van der Waals surface area (Å²) in [5.74, 6) is -3.86. The number of nitrogens with zero attached hydrogens (tertiary/aromatic N) is 3. The van der Waals surface area contributed by atoms with Crippen LogP contribution in [0.5, 0.6) is 0 Å². The Morgan fingerprint density at radius 2 is 2.05 bits per heavy atom. The number of amides is 1. The summed E-state index contributed by atoms with van der Waals surface area (Å²) in [4.78, 5) is 12.9. The maximum absolute atomic E-state index is 12.9. The van der Waals surface area contributed by atoms with Crippen molar-refractivity contribution < 1.29 is 13.6 Å². The van der Waals surface area contributed by atoms with Gasteiger partial charge in [-0.3, -0.25) is 4.79 Å². The van der Waals surface area contributed by atoms with E-state index in [1.807, 2.05) is 6.07 Å². The van der Waals surface area contributed by atoms with Gasteiger partial charge in [0.2, 0.25) is 0 Å². The molecule has 2 rings (SSSR count). The van der Waals surface area contributed by atoms with Crippen LogP contribution in [-0.4, -0.2) is 39.9 Å². The Hall–Kier alpha value is -2.35. The SMILES string of the molecule is NCC(F)(F)CNC(=O)c1cnn(-c2ccccc2)n1. The second-order valence-electron chi connectivity index (χ2n) is 4.10. The summed E-state index contributed by atoms with van der Waals surface area (Å²) >= 11 is 0. The van der Waals surface area contributed by atoms with Gasteiger partial charge in [0.05, 0.1) is 25.0 Å². The van der Waals surface area contributed by atoms with E-state index in [1.165, 1.54) is 11.0 Å². The lowest BCUT2D eigenvalue weighted by molar-refractivity contribution is 0.0118. The average molecular weight is 281 g/mol. The Kier molecular flexibility index (Phi) is 4.04. The Labute approximate surface area is 113 Å². The predicted molar refractivity (Wildman–Crippen MR) is 67.7 cm³/mol. The summed E-state index contributed by atoms with van der Waals surface area (Å²) in [5, 5.41) is 9.90. The van der Waals surface area contributed by atoms with Crippen LogP contribution in [0.2, 0.25) is 0 Å². The molecule has 2 aromatic rings. The fourth-order valence-corrected chi connectivity index (χ4v) is 1.43. The van der Waals surface area contributed by atoms with Crippen molar-refractivity contribution in [1.29, 1.82) is 0 Å². The zero-order chi connectivity index (χ0) is 14.6. The minimum atomic E-state index is -3.13. The molecule has 0 bridgehead atoms. The minimum absolute atomic E-state index is 0.0401. The molecule has 0 unspecified atom stereocenters. The molecule has 0 saturated heterocycles. The molecule has 3 N–H and O–H groups in total. The first-order chi connectivity index (χ1) is 9.52. The van der Waals surface area contributed by atoms with Crippen LogP contribution in [0, 0.1) is 0 Å². The molecule has 8 heteroatoms. The van der Waals surface area contributed by atoms with E-state index in [2.05, 4.69) is 15.5 Å². The van der Waals surface area contributed by atoms with Crippen molar-refractivity contribution in [2.45, 2.75) is 5.92 Å². The Morgan fingerprint density at radius 1 is 1.35 bits per heavy atom. The average Bonchev–Trinajstić information content (AvgIpc) is 2.96. The Balaban J connectivity index is 2.04. The molecule has 1 aromatic carbocycles. The van der Waals surface area contributed by atoms with Gasteiger partial charge in [-0.05, 0) is 12.1 Å². The van der Waals surface area contributed by atoms with Crippen molar-refractivity contribution in [2.24, 2.45) is 5.73 Å². The second-order valence-corrected chi connectivity index (χ2v) is 4.10. The van der Waals surface area contributed by atoms with Gasteiger partial charge in [0, 0.05) is 0 Å². The number of benzene rings is 1. The molecule has 20 heavy (non-hydrogen) atoms. The van der Waals surface area contributed by atoms with Crippen molar-refractivity contribution in [2.75, 3.05) is 13.1 Å². The highest BCUT2D eigenvalue weighted by molar-refractivity contribution is 5.91. The summed E-state index contributed by atoms with van der Waals surface area (Å²) in [6.45, 7) is -1.66. The number of nitrogens with one attached hydrogen (secondary N) is 1. The van der Waals surface area contributed by atoms with Crippen molar-refractivity contribution in [3.63, 3.8) is 0 Å². The van der Waals surface area contributed by atoms with Crippen molar-refractivity contribution in [3.8, 4) is 5.69 Å². The summed E-state index contributed by atoms with van der Waals surface area (Å²) in [5.41, 5.74) is 5.50. The summed E-state index contributed by atoms with van der Waals surface area (Å²) < 4.78 is 25.8. The van der Waals surface area contributed by atoms with E-state index in [9.17, 15) is 13.6 Å². The summed E-state index contributed by atoms with van der Waals surface area (Å²) in [6.07, 6.45) is 1.21. The zero-order valence-electron chi connectivity index (χ0n) is 10.5. The number of alkyl halides is 2. The summed E-state index contributed by atoms with van der Waals surface area (Å²) in [7, 11) is 0. The van der Waals surface area contributed by atoms with Crippen molar-refractivity contribution in [1.82, 2.24) is 20.3 Å². The molecule has 6 nitrogen and oxygen atoms in total. The number of rotatable bonds is 5. The van der Waals surface area contributed by atoms with Crippen LogP contribution in [0.3, 0.4) is 0 Å². The van der Waals surface area contributed by atoms with Gasteiger partial charge in [0.1, 0.15) is 0 Å². The molecule has 0 saturated carbocycles. The molecular weight excluding hydrogens is 268 g/mol. The molecule has 0 aliphatic carbocycles. The van der Waals surface area contributed by atoms with E-state index in [0.717, 1.165) is 0 Å². The number of hydrogen-bond acceptors (Lipinski definition) is 4. The number of carbonyl (C=O) groups excluding carboxylic acids is 1. The van der Waals surface area contributed by atoms with Gasteiger partial charge in [0.15, 0.2) is 5.69 Å². The third-order valence-corrected chi connectivity index (χ3v) is 2.52. The standard InChI is InChI=1S/C12H13F2N5O/c13-12(14,7-15)8-16-11(20)10-6-17-19(18-10)9-4-2-1-3-5-9/h1-6H,7-8,15H2,(H,16,20). The molecule has 0 radical (unpaired) electrons. The Bertz CT molecular complexity index is 585. The van der Waals surface area contributed by atoms with Gasteiger partial charge in [-0.1, -0.05) is 18.2 Å². The van der Waals surface area contributed by atoms with Gasteiger partial charge in [-0.25, -0.2) is 8.78 Å². The van der Waals surface area contributed by atoms with E-state index in [1.54, 1.807) is 24.3 Å². The lowest BCUT2D eigenvalue weighted by atomic mass is 10.3. The van der Waals surface area contributed by atoms with Crippen molar-refractivity contribution in [3.05, 3.63) is 42.2 Å². The zero-order valence-corrected chi connectivity index (χ0v) is 10.5. The molecule has 0 fully saturated rings. The van der Waals surface area contributed by atoms with Crippen LogP contribution in [0.15, 0.2) is 36.5 Å². The van der Waals surface area contributed by atoms with Crippen LogP contribution in [0.4, 0.5) is 8.78 Å². The smallest absolute Gasteiger partial charge is 0.277 e. The van der Waals surface area contributed by atoms with Gasteiger partial charge >= 0.3 is 0 Å². The second kappa shape index (κ2) is 5.74. The number of hydrogen-bond donors (Lipinski definition) is 2. The lowest BCUT2D eigenvalue weighted by Crippen LogP contribution is -2.41. The van der Waals surface area contributed by atoms with Crippen LogP contribution < -0.4 is 11.1 Å². The lowest BCUT2D eigenvalue weighted by Gasteiger charge is -2.13. The predicted octanol–water partition coefficient (Wildman–Crippen LogP) is 0.591. The molecule has 0 aliphatic heterocycles. The van der Waals surface area contributed by atoms with Gasteiger partial charge < -0.3 is 11.1 Å². The third-order valence-electron chi connectivity index (χ3n) is 2.52. The van der Waals surface area contributed by atoms with Crippen molar-refractivity contribution >= 4 is 5.91 Å². The fourth-order valence-electron chi connectivity index (χ4n) is 1.43. The number of aromatic nitrogens is 3. The summed E-state index contributed by atoms with van der Waals surface area (Å²) in [6, 6.07) is 8.92. The number of halogens is 2. The number of para-hydroxylation sites is 1. The normalized spacial score (nSPS) is 11.3. The highest BCUT2D eigenvalue weighted by Crippen LogP contribution is 2.09. The molecule has 0 spiro atoms. The third kappa shape index (κ3) is 3.35. The van der Waals surface area contributed by atoms with E-state index >= 15 is 0 Å². The molecule has 1 aromatic heterocycles. The number of nitrogens with two attached hydrogens (primary N) is 1. The maximum atomic E-state index is 12.9. The fraction of sp³-hybridized carbons (Fsp3) is 0.250. The largest absolute Gasteiger partial charge is 0.344 e. The van der Waals surface area contributed by atoms with Crippen LogP contribution in [0.25, 0.3) is 5.69 Å². The molecule has 1 amide bonds. The first-order valence-corrected chi connectivity index (χ1v) is 5.86. The quantitative estimate of drug-likeness (QED) is 0.840. The molecule has 0 atom stereocenters. The van der Waals surface area contributed by atoms with E-state index < -0.39 is 24.9 Å². The number of carbonyl (C=O) groups is 1. The first kappa shape index (κ1) is 14.1. The molecule has 106 valence electrons. The first-order valence-electron chi connectivity index (χ1n) is 5.86. The highest BCUT2D eigenvalue weighted by atomic mass is 19.3. The molecule has 1 heterocycles.